The number of likely N-dealkylation sites (tertiary alicyclic amines) is 1. The van der Waals surface area contributed by atoms with Crippen LogP contribution in [-0.2, 0) is 6.54 Å². The first kappa shape index (κ1) is 17.2. The quantitative estimate of drug-likeness (QED) is 0.742. The van der Waals surface area contributed by atoms with Crippen LogP contribution < -0.4 is 10.2 Å². The molecule has 3 heterocycles. The molecule has 136 valence electrons. The van der Waals surface area contributed by atoms with E-state index in [1.807, 2.05) is 36.4 Å². The van der Waals surface area contributed by atoms with Crippen LogP contribution in [0.5, 0.6) is 0 Å². The van der Waals surface area contributed by atoms with Crippen LogP contribution in [0.2, 0.25) is 0 Å². The summed E-state index contributed by atoms with van der Waals surface area (Å²) in [7, 11) is 4.00. The second kappa shape index (κ2) is 7.60. The molecule has 0 radical (unpaired) electrons. The Bertz CT molecular complexity index is 875. The zero-order valence-electron chi connectivity index (χ0n) is 15.4. The Morgan fingerprint density at radius 1 is 1.27 bits per heavy atom. The fourth-order valence-corrected chi connectivity index (χ4v) is 4.55. The average Bonchev–Trinajstić information content (AvgIpc) is 3.05. The minimum atomic E-state index is 0.429. The van der Waals surface area contributed by atoms with E-state index in [2.05, 4.69) is 49.8 Å². The summed E-state index contributed by atoms with van der Waals surface area (Å²) in [6.07, 6.45) is 4.03. The molecule has 2 aromatic heterocycles. The van der Waals surface area contributed by atoms with Gasteiger partial charge in [-0.05, 0) is 41.8 Å². The maximum Gasteiger partial charge on any atom is 0.133 e. The van der Waals surface area contributed by atoms with E-state index in [-0.39, 0.29) is 0 Å². The molecular weight excluding hydrogens is 342 g/mol. The Morgan fingerprint density at radius 2 is 2.15 bits per heavy atom. The predicted molar refractivity (Wildman–Crippen MR) is 110 cm³/mol. The number of nitrogens with one attached hydrogen (secondary N) is 1. The maximum absolute atomic E-state index is 4.39. The molecule has 4 rings (SSSR count). The van der Waals surface area contributed by atoms with Crippen LogP contribution in [0.25, 0.3) is 10.1 Å². The van der Waals surface area contributed by atoms with Crippen molar-refractivity contribution in [3.05, 3.63) is 47.6 Å². The van der Waals surface area contributed by atoms with Gasteiger partial charge in [0.05, 0.1) is 0 Å². The summed E-state index contributed by atoms with van der Waals surface area (Å²) in [6.45, 7) is 3.23. The van der Waals surface area contributed by atoms with Crippen LogP contribution in [0.4, 0.5) is 11.6 Å². The van der Waals surface area contributed by atoms with E-state index in [1.54, 1.807) is 6.33 Å². The molecule has 1 fully saturated rings. The molecule has 26 heavy (non-hydrogen) atoms. The lowest BCUT2D eigenvalue weighted by Crippen LogP contribution is -2.41. The molecule has 1 atom stereocenters. The molecular formula is C20H25N5S. The molecule has 0 saturated carbocycles. The summed E-state index contributed by atoms with van der Waals surface area (Å²) in [5.41, 5.74) is 1.45. The summed E-state index contributed by atoms with van der Waals surface area (Å²) < 4.78 is 1.38. The Morgan fingerprint density at radius 3 is 3.04 bits per heavy atom. The smallest absolute Gasteiger partial charge is 0.133 e. The second-order valence-electron chi connectivity index (χ2n) is 7.13. The number of anilines is 2. The molecule has 5 nitrogen and oxygen atoms in total. The van der Waals surface area contributed by atoms with Crippen molar-refractivity contribution in [2.45, 2.75) is 25.4 Å². The zero-order chi connectivity index (χ0) is 17.9. The van der Waals surface area contributed by atoms with Crippen molar-refractivity contribution < 1.29 is 0 Å². The number of rotatable bonds is 5. The van der Waals surface area contributed by atoms with Gasteiger partial charge in [-0.2, -0.15) is 0 Å². The van der Waals surface area contributed by atoms with Gasteiger partial charge in [-0.25, -0.2) is 9.97 Å². The highest BCUT2D eigenvalue weighted by atomic mass is 32.1. The van der Waals surface area contributed by atoms with Crippen LogP contribution in [0.3, 0.4) is 0 Å². The summed E-state index contributed by atoms with van der Waals surface area (Å²) >= 11 is 1.85. The molecule has 0 spiro atoms. The highest BCUT2D eigenvalue weighted by Crippen LogP contribution is 2.27. The van der Waals surface area contributed by atoms with E-state index in [0.29, 0.717) is 6.04 Å². The number of thiophene rings is 1. The third-order valence-electron chi connectivity index (χ3n) is 4.92. The molecule has 1 unspecified atom stereocenters. The van der Waals surface area contributed by atoms with Crippen molar-refractivity contribution >= 4 is 33.1 Å². The fourth-order valence-electron chi connectivity index (χ4n) is 3.59. The average molecular weight is 368 g/mol. The van der Waals surface area contributed by atoms with E-state index in [1.165, 1.54) is 28.5 Å². The Labute approximate surface area is 158 Å². The number of hydrogen-bond donors (Lipinski definition) is 1. The van der Waals surface area contributed by atoms with Crippen LogP contribution >= 0.6 is 11.3 Å². The van der Waals surface area contributed by atoms with Gasteiger partial charge in [-0.1, -0.05) is 18.2 Å². The summed E-state index contributed by atoms with van der Waals surface area (Å²) in [4.78, 5) is 13.2. The molecule has 1 N–H and O–H groups in total. The molecule has 1 aromatic carbocycles. The Balaban J connectivity index is 1.42. The molecule has 0 amide bonds. The number of benzene rings is 1. The minimum absolute atomic E-state index is 0.429. The summed E-state index contributed by atoms with van der Waals surface area (Å²) in [5.74, 6) is 1.84. The van der Waals surface area contributed by atoms with Crippen molar-refractivity contribution in [3.8, 4) is 0 Å². The SMILES string of the molecule is CN(C)c1cc(NC2CCCN(Cc3csc4ccccc34)C2)ncn1. The lowest BCUT2D eigenvalue weighted by atomic mass is 10.0. The number of aromatic nitrogens is 2. The van der Waals surface area contributed by atoms with Gasteiger partial charge in [-0.3, -0.25) is 4.90 Å². The van der Waals surface area contributed by atoms with Gasteiger partial charge in [-0.15, -0.1) is 11.3 Å². The van der Waals surface area contributed by atoms with Crippen LogP contribution in [0.15, 0.2) is 42.0 Å². The third kappa shape index (κ3) is 3.81. The fraction of sp³-hybridized carbons (Fsp3) is 0.400. The van der Waals surface area contributed by atoms with Gasteiger partial charge in [0.25, 0.3) is 0 Å². The van der Waals surface area contributed by atoms with E-state index in [4.69, 9.17) is 0 Å². The zero-order valence-corrected chi connectivity index (χ0v) is 16.2. The summed E-state index contributed by atoms with van der Waals surface area (Å²) in [6, 6.07) is 11.2. The van der Waals surface area contributed by atoms with Crippen molar-refractivity contribution in [3.63, 3.8) is 0 Å². The monoisotopic (exact) mass is 367 g/mol. The van der Waals surface area contributed by atoms with Crippen molar-refractivity contribution in [1.82, 2.24) is 14.9 Å². The van der Waals surface area contributed by atoms with Crippen LogP contribution in [0.1, 0.15) is 18.4 Å². The van der Waals surface area contributed by atoms with Gasteiger partial charge in [0.1, 0.15) is 18.0 Å². The van der Waals surface area contributed by atoms with Gasteiger partial charge in [0, 0.05) is 44.0 Å². The molecule has 0 bridgehead atoms. The first-order chi connectivity index (χ1) is 12.7. The van der Waals surface area contributed by atoms with E-state index in [9.17, 15) is 0 Å². The molecule has 1 aliphatic heterocycles. The number of hydrogen-bond acceptors (Lipinski definition) is 6. The molecule has 3 aromatic rings. The van der Waals surface area contributed by atoms with Crippen molar-refractivity contribution in [1.29, 1.82) is 0 Å². The third-order valence-corrected chi connectivity index (χ3v) is 5.94. The molecule has 6 heteroatoms. The van der Waals surface area contributed by atoms with E-state index < -0.39 is 0 Å². The van der Waals surface area contributed by atoms with Crippen molar-refractivity contribution in [2.75, 3.05) is 37.4 Å². The van der Waals surface area contributed by atoms with Gasteiger partial charge >= 0.3 is 0 Å². The Hall–Kier alpha value is -2.18. The van der Waals surface area contributed by atoms with Gasteiger partial charge in [0.15, 0.2) is 0 Å². The van der Waals surface area contributed by atoms with Gasteiger partial charge in [0.2, 0.25) is 0 Å². The Kier molecular flexibility index (Phi) is 5.04. The molecule has 1 aliphatic rings. The van der Waals surface area contributed by atoms with Gasteiger partial charge < -0.3 is 10.2 Å². The summed E-state index contributed by atoms with van der Waals surface area (Å²) in [5, 5.41) is 7.32. The number of fused-ring (bicyclic) bond motifs is 1. The highest BCUT2D eigenvalue weighted by molar-refractivity contribution is 7.17. The highest BCUT2D eigenvalue weighted by Gasteiger charge is 2.21. The van der Waals surface area contributed by atoms with E-state index >= 15 is 0 Å². The number of nitrogens with zero attached hydrogens (tertiary/aromatic N) is 4. The first-order valence-electron chi connectivity index (χ1n) is 9.12. The second-order valence-corrected chi connectivity index (χ2v) is 8.04. The number of piperidine rings is 1. The lowest BCUT2D eigenvalue weighted by molar-refractivity contribution is 0.209. The van der Waals surface area contributed by atoms with Crippen LogP contribution in [-0.4, -0.2) is 48.1 Å². The van der Waals surface area contributed by atoms with Crippen LogP contribution in [0, 0.1) is 0 Å². The topological polar surface area (TPSA) is 44.3 Å². The molecule has 1 saturated heterocycles. The first-order valence-corrected chi connectivity index (χ1v) is 10.0. The lowest BCUT2D eigenvalue weighted by Gasteiger charge is -2.33. The predicted octanol–water partition coefficient (Wildman–Crippen LogP) is 3.83. The molecule has 0 aliphatic carbocycles. The van der Waals surface area contributed by atoms with E-state index in [0.717, 1.165) is 31.3 Å². The standard InChI is InChI=1S/C20H25N5S/c1-24(2)20-10-19(21-14-22-20)23-16-6-5-9-25(12-16)11-15-13-26-18-8-4-3-7-17(15)18/h3-4,7-8,10,13-14,16H,5-6,9,11-12H2,1-2H3,(H,21,22,23). The van der Waals surface area contributed by atoms with Crippen molar-refractivity contribution in [2.24, 2.45) is 0 Å². The maximum atomic E-state index is 4.39. The minimum Gasteiger partial charge on any atom is -0.366 e. The largest absolute Gasteiger partial charge is 0.366 e. The normalized spacial score (nSPS) is 18.2.